The highest BCUT2D eigenvalue weighted by Gasteiger charge is 2.24. The lowest BCUT2D eigenvalue weighted by atomic mass is 9.88. The zero-order chi connectivity index (χ0) is 20.8. The molecule has 2 aliphatic carbocycles. The van der Waals surface area contributed by atoms with Crippen LogP contribution in [0.25, 0.3) is 54.6 Å². The topological polar surface area (TPSA) is 0 Å². The average Bonchev–Trinajstić information content (AvgIpc) is 3.40. The summed E-state index contributed by atoms with van der Waals surface area (Å²) < 4.78 is 0. The van der Waals surface area contributed by atoms with Gasteiger partial charge in [0.15, 0.2) is 0 Å². The van der Waals surface area contributed by atoms with Crippen molar-refractivity contribution in [2.24, 2.45) is 0 Å². The second-order valence-corrected chi connectivity index (χ2v) is 9.28. The first-order valence-electron chi connectivity index (χ1n) is 11.5. The fraction of sp³-hybridized carbons (Fsp3) is 0.0625. The number of hydrogen-bond acceptors (Lipinski definition) is 0. The van der Waals surface area contributed by atoms with Gasteiger partial charge in [-0.2, -0.15) is 0 Å². The second-order valence-electron chi connectivity index (χ2n) is 9.28. The highest BCUT2D eigenvalue weighted by molar-refractivity contribution is 6.27. The first-order valence-corrected chi connectivity index (χ1v) is 11.5. The maximum Gasteiger partial charge on any atom is -0.000706 e. The van der Waals surface area contributed by atoms with Gasteiger partial charge in [-0.3, -0.25) is 0 Å². The van der Waals surface area contributed by atoms with Crippen LogP contribution >= 0.6 is 0 Å². The van der Waals surface area contributed by atoms with Crippen LogP contribution in [-0.4, -0.2) is 0 Å². The van der Waals surface area contributed by atoms with Gasteiger partial charge in [-0.15, -0.1) is 0 Å². The summed E-state index contributed by atoms with van der Waals surface area (Å²) in [6, 6.07) is 36.5. The Labute approximate surface area is 186 Å². The van der Waals surface area contributed by atoms with Crippen molar-refractivity contribution < 1.29 is 0 Å². The van der Waals surface area contributed by atoms with E-state index in [0.29, 0.717) is 0 Å². The zero-order valence-electron chi connectivity index (χ0n) is 17.7. The molecule has 6 aromatic rings. The molecule has 0 heterocycles. The molecule has 0 spiro atoms. The summed E-state index contributed by atoms with van der Waals surface area (Å²) in [6.07, 6.45) is 2.05. The van der Waals surface area contributed by atoms with Gasteiger partial charge in [0.05, 0.1) is 0 Å². The van der Waals surface area contributed by atoms with Crippen molar-refractivity contribution in [3.63, 3.8) is 0 Å². The summed E-state index contributed by atoms with van der Waals surface area (Å²) in [6.45, 7) is 0. The maximum atomic E-state index is 2.50. The van der Waals surface area contributed by atoms with Crippen molar-refractivity contribution in [3.05, 3.63) is 119 Å². The van der Waals surface area contributed by atoms with Crippen molar-refractivity contribution in [3.8, 4) is 22.3 Å². The molecule has 0 radical (unpaired) electrons. The highest BCUT2D eigenvalue weighted by Crippen LogP contribution is 2.47. The van der Waals surface area contributed by atoms with Crippen LogP contribution in [0.15, 0.2) is 97.1 Å². The maximum absolute atomic E-state index is 2.50. The Hall–Kier alpha value is -3.90. The molecular formula is C32H20. The second kappa shape index (κ2) is 5.87. The summed E-state index contributed by atoms with van der Waals surface area (Å²) in [5, 5.41) is 8.35. The Balaban J connectivity index is 1.57. The molecule has 8 rings (SSSR count). The first kappa shape index (κ1) is 16.8. The van der Waals surface area contributed by atoms with E-state index in [9.17, 15) is 0 Å². The van der Waals surface area contributed by atoms with E-state index in [1.54, 1.807) is 0 Å². The number of fused-ring (bicyclic) bond motifs is 13. The van der Waals surface area contributed by atoms with E-state index >= 15 is 0 Å². The summed E-state index contributed by atoms with van der Waals surface area (Å²) in [5.41, 5.74) is 11.5. The van der Waals surface area contributed by atoms with Gasteiger partial charge >= 0.3 is 0 Å². The molecule has 0 N–H and O–H groups in total. The third-order valence-corrected chi connectivity index (χ3v) is 7.70. The van der Waals surface area contributed by atoms with Crippen LogP contribution in [0.1, 0.15) is 22.3 Å². The van der Waals surface area contributed by atoms with E-state index in [4.69, 9.17) is 0 Å². The highest BCUT2D eigenvalue weighted by atomic mass is 14.3. The molecule has 0 atom stereocenters. The Kier molecular flexibility index (Phi) is 3.07. The molecule has 0 saturated heterocycles. The monoisotopic (exact) mass is 404 g/mol. The van der Waals surface area contributed by atoms with Gasteiger partial charge in [0.25, 0.3) is 0 Å². The zero-order valence-corrected chi connectivity index (χ0v) is 17.7. The molecule has 0 bridgehead atoms. The molecule has 32 heavy (non-hydrogen) atoms. The van der Waals surface area contributed by atoms with Gasteiger partial charge in [-0.1, -0.05) is 84.9 Å². The Morgan fingerprint density at radius 2 is 1.03 bits per heavy atom. The molecule has 0 fully saturated rings. The van der Waals surface area contributed by atoms with E-state index in [2.05, 4.69) is 97.1 Å². The fourth-order valence-corrected chi connectivity index (χ4v) is 6.31. The first-order chi connectivity index (χ1) is 15.9. The van der Waals surface area contributed by atoms with Gasteiger partial charge in [0.2, 0.25) is 0 Å². The molecule has 0 saturated carbocycles. The lowest BCUT2D eigenvalue weighted by Gasteiger charge is -2.15. The van der Waals surface area contributed by atoms with Crippen LogP contribution in [0.4, 0.5) is 0 Å². The van der Waals surface area contributed by atoms with Crippen molar-refractivity contribution in [1.29, 1.82) is 0 Å². The van der Waals surface area contributed by atoms with Crippen molar-refractivity contribution in [1.82, 2.24) is 0 Å². The summed E-state index contributed by atoms with van der Waals surface area (Å²) in [5.74, 6) is 0. The number of benzene rings is 6. The third-order valence-electron chi connectivity index (χ3n) is 7.70. The van der Waals surface area contributed by atoms with Crippen LogP contribution in [-0.2, 0) is 12.8 Å². The van der Waals surface area contributed by atoms with Crippen molar-refractivity contribution in [2.75, 3.05) is 0 Å². The van der Waals surface area contributed by atoms with Crippen LogP contribution in [0.2, 0.25) is 0 Å². The smallest absolute Gasteiger partial charge is 0.000706 e. The third kappa shape index (κ3) is 2.03. The van der Waals surface area contributed by atoms with Gasteiger partial charge in [-0.25, -0.2) is 0 Å². The molecule has 0 heteroatoms. The largest absolute Gasteiger partial charge is 0.0619 e. The van der Waals surface area contributed by atoms with Crippen molar-refractivity contribution in [2.45, 2.75) is 12.8 Å². The normalized spacial score (nSPS) is 13.4. The van der Waals surface area contributed by atoms with Crippen molar-refractivity contribution >= 4 is 32.3 Å². The number of hydrogen-bond donors (Lipinski definition) is 0. The molecule has 148 valence electrons. The fourth-order valence-electron chi connectivity index (χ4n) is 6.31. The quantitative estimate of drug-likeness (QED) is 0.223. The summed E-state index contributed by atoms with van der Waals surface area (Å²) in [7, 11) is 0. The molecule has 0 unspecified atom stereocenters. The standard InChI is InChI=1S/C32H20/c1-4-10-23-19(7-1)15-21-17-31-29(18-28(21)23)25-12-6-5-11-24(25)27-14-13-26-22-9-3-2-8-20(22)16-30(26)32(27)31/h1-14,17-18H,15-16H2. The minimum atomic E-state index is 1.02. The van der Waals surface area contributed by atoms with Gasteiger partial charge in [-0.05, 0) is 102 Å². The predicted molar refractivity (Wildman–Crippen MR) is 135 cm³/mol. The molecule has 0 amide bonds. The molecule has 0 aromatic heterocycles. The van der Waals surface area contributed by atoms with Crippen LogP contribution in [0.3, 0.4) is 0 Å². The van der Waals surface area contributed by atoms with Gasteiger partial charge < -0.3 is 0 Å². The SMILES string of the molecule is c1ccc2c(c1)Cc1cc3c(cc1-2)c1ccccc1c1ccc2c(c13)Cc1ccccc1-2. The van der Waals surface area contributed by atoms with E-state index in [1.807, 2.05) is 0 Å². The summed E-state index contributed by atoms with van der Waals surface area (Å²) >= 11 is 0. The Morgan fingerprint density at radius 1 is 0.375 bits per heavy atom. The van der Waals surface area contributed by atoms with E-state index in [-0.39, 0.29) is 0 Å². The molecule has 0 nitrogen and oxygen atoms in total. The minimum absolute atomic E-state index is 1.02. The van der Waals surface area contributed by atoms with Gasteiger partial charge in [0, 0.05) is 0 Å². The van der Waals surface area contributed by atoms with Crippen LogP contribution in [0, 0.1) is 0 Å². The summed E-state index contributed by atoms with van der Waals surface area (Å²) in [4.78, 5) is 0. The lowest BCUT2D eigenvalue weighted by Crippen LogP contribution is -1.91. The minimum Gasteiger partial charge on any atom is -0.0619 e. The van der Waals surface area contributed by atoms with Crippen LogP contribution < -0.4 is 0 Å². The molecule has 6 aromatic carbocycles. The Morgan fingerprint density at radius 3 is 1.84 bits per heavy atom. The van der Waals surface area contributed by atoms with E-state index < -0.39 is 0 Å². The molecular weight excluding hydrogens is 384 g/mol. The molecule has 0 aliphatic heterocycles. The Bertz CT molecular complexity index is 1760. The molecule has 2 aliphatic rings. The lowest BCUT2D eigenvalue weighted by molar-refractivity contribution is 1.27. The van der Waals surface area contributed by atoms with E-state index in [1.165, 1.54) is 76.8 Å². The predicted octanol–water partition coefficient (Wildman–Crippen LogP) is 8.29. The number of rotatable bonds is 0. The van der Waals surface area contributed by atoms with E-state index in [0.717, 1.165) is 12.8 Å². The van der Waals surface area contributed by atoms with Gasteiger partial charge in [0.1, 0.15) is 0 Å². The average molecular weight is 405 g/mol. The van der Waals surface area contributed by atoms with Crippen LogP contribution in [0.5, 0.6) is 0 Å².